The number of ether oxygens (including phenoxy) is 1. The third-order valence-electron chi connectivity index (χ3n) is 2.79. The molecule has 1 aliphatic heterocycles. The summed E-state index contributed by atoms with van der Waals surface area (Å²) in [5.41, 5.74) is -3.36. The van der Waals surface area contributed by atoms with Gasteiger partial charge in [0.1, 0.15) is 11.6 Å². The second-order valence-corrected chi connectivity index (χ2v) is 4.26. The first kappa shape index (κ1) is 15.2. The van der Waals surface area contributed by atoms with Gasteiger partial charge in [-0.1, -0.05) is 0 Å². The highest BCUT2D eigenvalue weighted by Gasteiger charge is 2.61. The molecule has 0 spiro atoms. The Hall–Kier alpha value is -2.16. The van der Waals surface area contributed by atoms with Crippen molar-refractivity contribution in [2.24, 2.45) is 5.10 Å². The van der Waals surface area contributed by atoms with Gasteiger partial charge in [-0.15, -0.1) is 0 Å². The first-order valence-corrected chi connectivity index (χ1v) is 5.77. The van der Waals surface area contributed by atoms with Crippen LogP contribution in [0.3, 0.4) is 0 Å². The smallest absolute Gasteiger partial charge is 0.438 e. The van der Waals surface area contributed by atoms with E-state index in [-0.39, 0.29) is 10.8 Å². The number of nitrogens with zero attached hydrogens (tertiary/aromatic N) is 2. The molecule has 1 heterocycles. The SMILES string of the molecule is O=C(COc1ccc(F)cc1)N1N=CC[C@@]1(O)C(F)(F)F. The van der Waals surface area contributed by atoms with Gasteiger partial charge in [-0.3, -0.25) is 4.79 Å². The van der Waals surface area contributed by atoms with E-state index in [4.69, 9.17) is 4.74 Å². The molecule has 1 N–H and O–H groups in total. The van der Waals surface area contributed by atoms with Crippen molar-refractivity contribution in [3.05, 3.63) is 30.1 Å². The first-order valence-electron chi connectivity index (χ1n) is 5.77. The minimum atomic E-state index is -5.05. The Balaban J connectivity index is 2.03. The maximum atomic E-state index is 12.8. The Morgan fingerprint density at radius 2 is 2.00 bits per heavy atom. The number of amides is 1. The third kappa shape index (κ3) is 2.97. The Morgan fingerprint density at radius 3 is 2.57 bits per heavy atom. The predicted octanol–water partition coefficient (Wildman–Crippen LogP) is 1.67. The van der Waals surface area contributed by atoms with Gasteiger partial charge in [0.25, 0.3) is 11.6 Å². The highest BCUT2D eigenvalue weighted by molar-refractivity contribution is 5.81. The average Bonchev–Trinajstić information content (AvgIpc) is 2.81. The number of rotatable bonds is 3. The van der Waals surface area contributed by atoms with Crippen LogP contribution in [0.25, 0.3) is 0 Å². The van der Waals surface area contributed by atoms with Crippen molar-refractivity contribution in [2.75, 3.05) is 6.61 Å². The molecule has 1 aliphatic rings. The Labute approximate surface area is 116 Å². The van der Waals surface area contributed by atoms with Crippen LogP contribution in [0.2, 0.25) is 0 Å². The Bertz CT molecular complexity index is 559. The van der Waals surface area contributed by atoms with Crippen LogP contribution in [0.4, 0.5) is 17.6 Å². The molecule has 0 bridgehead atoms. The van der Waals surface area contributed by atoms with Crippen LogP contribution in [-0.2, 0) is 4.79 Å². The zero-order valence-corrected chi connectivity index (χ0v) is 10.5. The summed E-state index contributed by atoms with van der Waals surface area (Å²) >= 11 is 0. The normalized spacial score (nSPS) is 21.7. The van der Waals surface area contributed by atoms with Crippen LogP contribution in [0.5, 0.6) is 5.75 Å². The first-order chi connectivity index (χ1) is 9.74. The van der Waals surface area contributed by atoms with E-state index in [9.17, 15) is 27.5 Å². The van der Waals surface area contributed by atoms with E-state index in [2.05, 4.69) is 5.10 Å². The summed E-state index contributed by atoms with van der Waals surface area (Å²) in [5.74, 6) is -1.60. The number of carbonyl (C=O) groups excluding carboxylic acids is 1. The maximum absolute atomic E-state index is 12.8. The molecule has 21 heavy (non-hydrogen) atoms. The molecule has 0 radical (unpaired) electrons. The van der Waals surface area contributed by atoms with Gasteiger partial charge in [-0.2, -0.15) is 23.3 Å². The van der Waals surface area contributed by atoms with E-state index in [1.807, 2.05) is 0 Å². The van der Waals surface area contributed by atoms with Crippen molar-refractivity contribution in [3.63, 3.8) is 0 Å². The Kier molecular flexibility index (Phi) is 3.86. The second-order valence-electron chi connectivity index (χ2n) is 4.26. The molecule has 0 aromatic heterocycles. The molecule has 1 aromatic rings. The quantitative estimate of drug-likeness (QED) is 0.864. The minimum Gasteiger partial charge on any atom is -0.484 e. The highest BCUT2D eigenvalue weighted by atomic mass is 19.4. The van der Waals surface area contributed by atoms with Crippen molar-refractivity contribution < 1.29 is 32.2 Å². The van der Waals surface area contributed by atoms with Gasteiger partial charge in [-0.05, 0) is 24.3 Å². The average molecular weight is 306 g/mol. The largest absolute Gasteiger partial charge is 0.484 e. The number of hydrogen-bond acceptors (Lipinski definition) is 4. The van der Waals surface area contributed by atoms with Gasteiger partial charge in [0, 0.05) is 12.6 Å². The summed E-state index contributed by atoms with van der Waals surface area (Å²) in [5, 5.41) is 12.7. The summed E-state index contributed by atoms with van der Waals surface area (Å²) in [7, 11) is 0. The van der Waals surface area contributed by atoms with Crippen LogP contribution >= 0.6 is 0 Å². The van der Waals surface area contributed by atoms with Crippen LogP contribution < -0.4 is 4.74 Å². The van der Waals surface area contributed by atoms with Crippen LogP contribution in [0.1, 0.15) is 6.42 Å². The van der Waals surface area contributed by atoms with Gasteiger partial charge in [0.05, 0.1) is 0 Å². The zero-order chi connectivity index (χ0) is 15.7. The fourth-order valence-electron chi connectivity index (χ4n) is 1.68. The summed E-state index contributed by atoms with van der Waals surface area (Å²) < 4.78 is 55.9. The van der Waals surface area contributed by atoms with Gasteiger partial charge in [0.2, 0.25) is 0 Å². The summed E-state index contributed by atoms with van der Waals surface area (Å²) in [6, 6.07) is 4.57. The topological polar surface area (TPSA) is 62.1 Å². The zero-order valence-electron chi connectivity index (χ0n) is 10.5. The van der Waals surface area contributed by atoms with Crippen molar-refractivity contribution in [1.29, 1.82) is 0 Å². The van der Waals surface area contributed by atoms with Gasteiger partial charge in [-0.25, -0.2) is 4.39 Å². The van der Waals surface area contributed by atoms with Crippen molar-refractivity contribution >= 4 is 12.1 Å². The molecule has 5 nitrogen and oxygen atoms in total. The lowest BCUT2D eigenvalue weighted by molar-refractivity contribution is -0.302. The molecule has 2 rings (SSSR count). The number of carbonyl (C=O) groups is 1. The minimum absolute atomic E-state index is 0.0590. The van der Waals surface area contributed by atoms with Crippen LogP contribution in [-0.4, -0.2) is 40.7 Å². The fraction of sp³-hybridized carbons (Fsp3) is 0.333. The summed E-state index contributed by atoms with van der Waals surface area (Å²) in [4.78, 5) is 11.7. The summed E-state index contributed by atoms with van der Waals surface area (Å²) in [6.07, 6.45) is -5.10. The predicted molar refractivity (Wildman–Crippen MR) is 62.9 cm³/mol. The van der Waals surface area contributed by atoms with E-state index < -0.39 is 36.7 Å². The second kappa shape index (κ2) is 5.32. The fourth-order valence-corrected chi connectivity index (χ4v) is 1.68. The Morgan fingerprint density at radius 1 is 1.38 bits per heavy atom. The number of hydrazone groups is 1. The molecule has 1 amide bonds. The lowest BCUT2D eigenvalue weighted by atomic mass is 10.1. The maximum Gasteiger partial charge on any atom is 0.438 e. The van der Waals surface area contributed by atoms with Crippen molar-refractivity contribution in [3.8, 4) is 5.75 Å². The standard InChI is InChI=1S/C12H10F4N2O3/c13-8-1-3-9(4-2-8)21-7-10(19)18-11(20,5-6-17-18)12(14,15)16/h1-4,6,20H,5,7H2/t11-/m1/s1. The molecular formula is C12H10F4N2O3. The number of hydrogen-bond donors (Lipinski definition) is 1. The number of alkyl halides is 3. The molecule has 0 fully saturated rings. The number of aliphatic hydroxyl groups is 1. The molecule has 0 saturated carbocycles. The number of halogens is 4. The molecular weight excluding hydrogens is 296 g/mol. The molecule has 9 heteroatoms. The molecule has 0 unspecified atom stereocenters. The summed E-state index contributed by atoms with van der Waals surface area (Å²) in [6.45, 7) is -0.776. The van der Waals surface area contributed by atoms with Gasteiger partial charge >= 0.3 is 6.18 Å². The molecule has 1 atom stereocenters. The lowest BCUT2D eigenvalue weighted by Crippen LogP contribution is -2.57. The van der Waals surface area contributed by atoms with E-state index in [0.717, 1.165) is 18.3 Å². The van der Waals surface area contributed by atoms with E-state index in [1.165, 1.54) is 12.1 Å². The number of benzene rings is 1. The van der Waals surface area contributed by atoms with Crippen LogP contribution in [0.15, 0.2) is 29.4 Å². The third-order valence-corrected chi connectivity index (χ3v) is 2.79. The molecule has 114 valence electrons. The van der Waals surface area contributed by atoms with Gasteiger partial charge in [0.15, 0.2) is 6.61 Å². The molecule has 1 aromatic carbocycles. The lowest BCUT2D eigenvalue weighted by Gasteiger charge is -2.32. The van der Waals surface area contributed by atoms with Crippen molar-refractivity contribution in [2.45, 2.75) is 18.3 Å². The van der Waals surface area contributed by atoms with E-state index >= 15 is 0 Å². The van der Waals surface area contributed by atoms with E-state index in [1.54, 1.807) is 0 Å². The van der Waals surface area contributed by atoms with E-state index in [0.29, 0.717) is 0 Å². The monoisotopic (exact) mass is 306 g/mol. The molecule has 0 saturated heterocycles. The van der Waals surface area contributed by atoms with Crippen LogP contribution in [0, 0.1) is 5.82 Å². The highest BCUT2D eigenvalue weighted by Crippen LogP contribution is 2.38. The van der Waals surface area contributed by atoms with Crippen molar-refractivity contribution in [1.82, 2.24) is 5.01 Å². The van der Waals surface area contributed by atoms with Gasteiger partial charge < -0.3 is 9.84 Å². The molecule has 0 aliphatic carbocycles.